The van der Waals surface area contributed by atoms with Gasteiger partial charge in [0.25, 0.3) is 0 Å². The predicted octanol–water partition coefficient (Wildman–Crippen LogP) is 8.92. The topological polar surface area (TPSA) is 112 Å². The number of hydrogen-bond acceptors (Lipinski definition) is 6. The van der Waals surface area contributed by atoms with E-state index < -0.39 is 12.1 Å². The third-order valence-corrected chi connectivity index (χ3v) is 12.8. The number of nitrogens with one attached hydrogen (secondary N) is 3. The maximum Gasteiger partial charge on any atom is 0.407 e. The fraction of sp³-hybridized carbons (Fsp3) is 0.348. The monoisotopic (exact) mass is 730 g/mol. The van der Waals surface area contributed by atoms with Gasteiger partial charge in [-0.05, 0) is 119 Å². The second kappa shape index (κ2) is 13.9. The van der Waals surface area contributed by atoms with Crippen LogP contribution in [0.2, 0.25) is 0 Å². The average molecular weight is 731 g/mol. The summed E-state index contributed by atoms with van der Waals surface area (Å²) < 4.78 is 4.89. The van der Waals surface area contributed by atoms with Crippen molar-refractivity contribution in [3.63, 3.8) is 0 Å². The Morgan fingerprint density at radius 1 is 0.855 bits per heavy atom. The van der Waals surface area contributed by atoms with Crippen LogP contribution in [0.1, 0.15) is 96.9 Å². The maximum absolute atomic E-state index is 14.1. The molecule has 2 aliphatic carbocycles. The fourth-order valence-corrected chi connectivity index (χ4v) is 10.2. The van der Waals surface area contributed by atoms with Gasteiger partial charge in [-0.25, -0.2) is 9.78 Å². The molecule has 3 N–H and O–H groups in total. The van der Waals surface area contributed by atoms with E-state index in [-0.39, 0.29) is 11.9 Å². The van der Waals surface area contributed by atoms with E-state index in [1.54, 1.807) is 0 Å². The van der Waals surface area contributed by atoms with Gasteiger partial charge in [0, 0.05) is 18.7 Å². The van der Waals surface area contributed by atoms with E-state index >= 15 is 0 Å². The van der Waals surface area contributed by atoms with Gasteiger partial charge in [0.05, 0.1) is 36.8 Å². The summed E-state index contributed by atoms with van der Waals surface area (Å²) in [7, 11) is 1.32. The van der Waals surface area contributed by atoms with E-state index in [0.29, 0.717) is 24.4 Å². The largest absolute Gasteiger partial charge is 0.453 e. The van der Waals surface area contributed by atoms with E-state index in [4.69, 9.17) is 14.7 Å². The number of H-pyrrole nitrogens is 1. The van der Waals surface area contributed by atoms with Crippen LogP contribution < -0.4 is 10.6 Å². The van der Waals surface area contributed by atoms with Crippen molar-refractivity contribution in [2.75, 3.05) is 20.2 Å². The first-order chi connectivity index (χ1) is 27.0. The number of nitrogens with zero attached hydrogens (tertiary/aromatic N) is 3. The van der Waals surface area contributed by atoms with Crippen molar-refractivity contribution < 1.29 is 14.3 Å². The summed E-state index contributed by atoms with van der Waals surface area (Å²) in [6.45, 7) is 1.68. The van der Waals surface area contributed by atoms with Crippen LogP contribution in [0.15, 0.2) is 96.1 Å². The highest BCUT2D eigenvalue weighted by Gasteiger charge is 2.41. The van der Waals surface area contributed by atoms with Gasteiger partial charge in [-0.3, -0.25) is 9.79 Å². The number of alkyl carbamates (subject to hydrolysis) is 1. The summed E-state index contributed by atoms with van der Waals surface area (Å²) in [5, 5.41) is 6.32. The number of rotatable bonds is 8. The zero-order valence-electron chi connectivity index (χ0n) is 31.2. The van der Waals surface area contributed by atoms with Crippen molar-refractivity contribution in [2.45, 2.75) is 81.3 Å². The number of hydrogen-bond donors (Lipinski definition) is 3. The van der Waals surface area contributed by atoms with Gasteiger partial charge in [0.2, 0.25) is 5.91 Å². The lowest BCUT2D eigenvalue weighted by Crippen LogP contribution is -2.47. The molecule has 1 saturated carbocycles. The molecule has 2 unspecified atom stereocenters. The molecule has 3 fully saturated rings. The number of methoxy groups -OCH3 is 1. The number of likely N-dealkylation sites (tertiary alicyclic amines) is 1. The third-order valence-electron chi connectivity index (χ3n) is 12.8. The zero-order valence-corrected chi connectivity index (χ0v) is 31.2. The van der Waals surface area contributed by atoms with Crippen LogP contribution in [0.5, 0.6) is 0 Å². The number of benzene rings is 4. The third kappa shape index (κ3) is 6.05. The van der Waals surface area contributed by atoms with Gasteiger partial charge < -0.3 is 25.3 Å². The molecule has 2 bridgehead atoms. The number of aromatic nitrogens is 2. The molecule has 1 aromatic heterocycles. The number of fused-ring (bicyclic) bond motifs is 6. The molecule has 5 atom stereocenters. The first-order valence-electron chi connectivity index (χ1n) is 20.0. The number of carbonyl (C=O) groups excluding carboxylic acids is 2. The summed E-state index contributed by atoms with van der Waals surface area (Å²) >= 11 is 0. The lowest BCUT2D eigenvalue weighted by atomic mass is 9.81. The van der Waals surface area contributed by atoms with Crippen molar-refractivity contribution in [1.82, 2.24) is 25.5 Å². The standard InChI is InChI=1S/C46H46N6O3/c1-55-46(54)51-43(29-7-3-2-4-8-29)45(53)52-22-6-10-40(52)38-25-31-16-15-30(24-37(31)49-38)35-20-19-34(41-32-17-18-33(23-32)42(35)41)27-11-13-28(14-12-27)39-26-48-44(50-39)36-9-5-21-47-36/h2-4,7-8,11-16,19-20,24,26,32-33,36,40,43,47H,5-6,9-10,17-18,21-23,25H2,1H3,(H,48,50)(H,51,54)/t32?,33?,36-,40-,43-/m0/s1. The number of aromatic amines is 1. The molecule has 4 aromatic carbocycles. The number of imidazole rings is 1. The van der Waals surface area contributed by atoms with Crippen LogP contribution in [-0.2, 0) is 16.0 Å². The van der Waals surface area contributed by atoms with Gasteiger partial charge in [0.15, 0.2) is 0 Å². The van der Waals surface area contributed by atoms with E-state index in [0.717, 1.165) is 66.3 Å². The highest BCUT2D eigenvalue weighted by Crippen LogP contribution is 2.58. The van der Waals surface area contributed by atoms with Crippen LogP contribution in [0, 0.1) is 0 Å². The fourth-order valence-electron chi connectivity index (χ4n) is 10.2. The normalized spacial score (nSPS) is 22.7. The first kappa shape index (κ1) is 34.0. The van der Waals surface area contributed by atoms with Crippen molar-refractivity contribution in [1.29, 1.82) is 0 Å². The Labute approximate surface area is 321 Å². The Morgan fingerprint density at radius 2 is 1.60 bits per heavy atom. The molecular weight excluding hydrogens is 685 g/mol. The van der Waals surface area contributed by atoms with E-state index in [1.165, 1.54) is 71.7 Å². The van der Waals surface area contributed by atoms with Crippen LogP contribution in [-0.4, -0.2) is 58.8 Å². The molecule has 2 amide bonds. The van der Waals surface area contributed by atoms with Crippen molar-refractivity contribution in [2.24, 2.45) is 4.99 Å². The number of carbonyl (C=O) groups is 2. The Bertz CT molecular complexity index is 2310. The van der Waals surface area contributed by atoms with E-state index in [9.17, 15) is 9.59 Å². The molecule has 0 spiro atoms. The van der Waals surface area contributed by atoms with Gasteiger partial charge in [-0.2, -0.15) is 0 Å². The quantitative estimate of drug-likeness (QED) is 0.148. The minimum atomic E-state index is -0.827. The van der Waals surface area contributed by atoms with Crippen LogP contribution >= 0.6 is 0 Å². The molecule has 10 rings (SSSR count). The van der Waals surface area contributed by atoms with Crippen molar-refractivity contribution in [3.8, 4) is 33.5 Å². The highest BCUT2D eigenvalue weighted by atomic mass is 16.5. The molecule has 278 valence electrons. The Balaban J connectivity index is 0.921. The lowest BCUT2D eigenvalue weighted by molar-refractivity contribution is -0.133. The summed E-state index contributed by atoms with van der Waals surface area (Å²) in [4.78, 5) is 41.8. The van der Waals surface area contributed by atoms with Crippen LogP contribution in [0.3, 0.4) is 0 Å². The van der Waals surface area contributed by atoms with Crippen LogP contribution in [0.4, 0.5) is 10.5 Å². The summed E-state index contributed by atoms with van der Waals surface area (Å²) in [5.41, 5.74) is 14.4. The molecule has 0 radical (unpaired) electrons. The Kier molecular flexibility index (Phi) is 8.62. The SMILES string of the molecule is COC(=O)N[C@H](C(=O)N1CCC[C@H]1C1=Nc2cc(-c3ccc(-c4ccc(-c5cnc([C@@H]6CCCN6)[nH]5)cc4)c4c3C3CCC4C3)ccc2C1)c1ccccc1. The molecule has 5 aromatic rings. The number of ether oxygens (including phenoxy) is 1. The smallest absolute Gasteiger partial charge is 0.407 e. The van der Waals surface area contributed by atoms with Crippen LogP contribution in [0.25, 0.3) is 33.5 Å². The molecular formula is C46H46N6O3. The van der Waals surface area contributed by atoms with E-state index in [1.807, 2.05) is 41.4 Å². The van der Waals surface area contributed by atoms with Gasteiger partial charge in [-0.15, -0.1) is 0 Å². The van der Waals surface area contributed by atoms with E-state index in [2.05, 4.69) is 70.2 Å². The summed E-state index contributed by atoms with van der Waals surface area (Å²) in [6.07, 6.45) is 9.87. The maximum atomic E-state index is 14.1. The second-order valence-corrected chi connectivity index (χ2v) is 15.9. The minimum absolute atomic E-state index is 0.112. The summed E-state index contributed by atoms with van der Waals surface area (Å²) in [5.74, 6) is 2.09. The number of amides is 2. The molecule has 5 aliphatic rings. The van der Waals surface area contributed by atoms with Gasteiger partial charge >= 0.3 is 6.09 Å². The second-order valence-electron chi connectivity index (χ2n) is 15.9. The lowest BCUT2D eigenvalue weighted by Gasteiger charge is -2.29. The molecule has 55 heavy (non-hydrogen) atoms. The average Bonchev–Trinajstić information content (AvgIpc) is 4.09. The molecule has 9 nitrogen and oxygen atoms in total. The molecule has 3 aliphatic heterocycles. The molecule has 9 heteroatoms. The summed E-state index contributed by atoms with van der Waals surface area (Å²) in [6, 6.07) is 29.3. The minimum Gasteiger partial charge on any atom is -0.453 e. The molecule has 4 heterocycles. The predicted molar refractivity (Wildman–Crippen MR) is 214 cm³/mol. The van der Waals surface area contributed by atoms with Gasteiger partial charge in [-0.1, -0.05) is 78.9 Å². The van der Waals surface area contributed by atoms with Gasteiger partial charge in [0.1, 0.15) is 11.9 Å². The molecule has 2 saturated heterocycles. The first-order valence-corrected chi connectivity index (χ1v) is 20.0. The Hall–Kier alpha value is -5.54. The number of aliphatic imine (C=N–C) groups is 1. The zero-order chi connectivity index (χ0) is 37.0. The Morgan fingerprint density at radius 3 is 2.35 bits per heavy atom. The van der Waals surface area contributed by atoms with Crippen molar-refractivity contribution in [3.05, 3.63) is 119 Å². The van der Waals surface area contributed by atoms with Crippen molar-refractivity contribution >= 4 is 23.4 Å². The highest BCUT2D eigenvalue weighted by molar-refractivity contribution is 6.01.